The van der Waals surface area contributed by atoms with Gasteiger partial charge in [-0.2, -0.15) is 0 Å². The van der Waals surface area contributed by atoms with Crippen molar-refractivity contribution in [2.24, 2.45) is 11.8 Å². The van der Waals surface area contributed by atoms with Crippen LogP contribution < -0.4 is 4.90 Å². The minimum absolute atomic E-state index is 0.133. The average Bonchev–Trinajstić information content (AvgIpc) is 3.38. The first-order valence-corrected chi connectivity index (χ1v) is 11.2. The number of halogens is 1. The van der Waals surface area contributed by atoms with Crippen molar-refractivity contribution in [1.82, 2.24) is 4.90 Å². The predicted molar refractivity (Wildman–Crippen MR) is 117 cm³/mol. The molecule has 5 atom stereocenters. The zero-order chi connectivity index (χ0) is 23.2. The van der Waals surface area contributed by atoms with Gasteiger partial charge in [-0.1, -0.05) is 29.8 Å². The van der Waals surface area contributed by atoms with Gasteiger partial charge in [0.15, 0.2) is 0 Å². The third-order valence-corrected chi connectivity index (χ3v) is 7.22. The zero-order valence-corrected chi connectivity index (χ0v) is 18.6. The largest absolute Gasteiger partial charge is 0.481 e. The number of carbonyl (C=O) groups is 3. The van der Waals surface area contributed by atoms with Crippen LogP contribution >= 0.6 is 11.6 Å². The molecule has 0 radical (unpaired) electrons. The van der Waals surface area contributed by atoms with Gasteiger partial charge in [-0.25, -0.2) is 0 Å². The molecule has 0 aromatic heterocycles. The lowest BCUT2D eigenvalue weighted by molar-refractivity contribution is -0.149. The fourth-order valence-corrected chi connectivity index (χ4v) is 6.05. The van der Waals surface area contributed by atoms with E-state index in [1.807, 2.05) is 13.0 Å². The molecular weight excluding hydrogens is 436 g/mol. The van der Waals surface area contributed by atoms with Gasteiger partial charge in [-0.15, -0.1) is 6.58 Å². The van der Waals surface area contributed by atoms with Crippen LogP contribution in [0, 0.1) is 18.8 Å². The van der Waals surface area contributed by atoms with Crippen LogP contribution in [0.2, 0.25) is 5.02 Å². The van der Waals surface area contributed by atoms with E-state index < -0.39 is 41.5 Å². The number of amides is 2. The summed E-state index contributed by atoms with van der Waals surface area (Å²) in [5.41, 5.74) is 0.107. The Morgan fingerprint density at radius 2 is 2.19 bits per heavy atom. The van der Waals surface area contributed by atoms with E-state index in [-0.39, 0.29) is 32.0 Å². The van der Waals surface area contributed by atoms with Gasteiger partial charge in [-0.05, 0) is 37.8 Å². The molecule has 1 aromatic carbocycles. The van der Waals surface area contributed by atoms with E-state index in [2.05, 4.69) is 6.58 Å². The SMILES string of the molecule is C=CCN(C(=O)C1N(CCCO)C(=O)[C@@H]2[C@H](C(=O)O)[C@@H]3CCC12O3)c1c(C)cccc1Cl. The second-order valence-electron chi connectivity index (χ2n) is 8.65. The van der Waals surface area contributed by atoms with Crippen molar-refractivity contribution in [1.29, 1.82) is 0 Å². The Balaban J connectivity index is 1.81. The predicted octanol–water partition coefficient (Wildman–Crippen LogP) is 2.01. The Hall–Kier alpha value is -2.42. The third-order valence-electron chi connectivity index (χ3n) is 6.91. The molecule has 32 heavy (non-hydrogen) atoms. The molecule has 3 aliphatic rings. The first-order valence-electron chi connectivity index (χ1n) is 10.8. The summed E-state index contributed by atoms with van der Waals surface area (Å²) in [7, 11) is 0. The van der Waals surface area contributed by atoms with Crippen molar-refractivity contribution in [2.75, 3.05) is 24.6 Å². The molecule has 2 amide bonds. The van der Waals surface area contributed by atoms with Crippen molar-refractivity contribution < 1.29 is 29.3 Å². The maximum Gasteiger partial charge on any atom is 0.310 e. The van der Waals surface area contributed by atoms with Gasteiger partial charge in [-0.3, -0.25) is 14.4 Å². The van der Waals surface area contributed by atoms with Crippen LogP contribution in [-0.2, 0) is 19.1 Å². The smallest absolute Gasteiger partial charge is 0.310 e. The number of ether oxygens (including phenoxy) is 1. The molecule has 172 valence electrons. The molecule has 3 aliphatic heterocycles. The van der Waals surface area contributed by atoms with Gasteiger partial charge >= 0.3 is 5.97 Å². The van der Waals surface area contributed by atoms with Gasteiger partial charge in [0.2, 0.25) is 5.91 Å². The van der Waals surface area contributed by atoms with Gasteiger partial charge < -0.3 is 24.7 Å². The quantitative estimate of drug-likeness (QED) is 0.572. The fraction of sp³-hybridized carbons (Fsp3) is 0.522. The van der Waals surface area contributed by atoms with E-state index in [0.29, 0.717) is 23.6 Å². The summed E-state index contributed by atoms with van der Waals surface area (Å²) in [6.07, 6.45) is 2.16. The minimum Gasteiger partial charge on any atom is -0.481 e. The van der Waals surface area contributed by atoms with Crippen LogP contribution in [0.3, 0.4) is 0 Å². The average molecular weight is 463 g/mol. The molecule has 2 N–H and O–H groups in total. The van der Waals surface area contributed by atoms with Gasteiger partial charge in [0.1, 0.15) is 11.6 Å². The van der Waals surface area contributed by atoms with Crippen molar-refractivity contribution in [3.63, 3.8) is 0 Å². The van der Waals surface area contributed by atoms with Crippen LogP contribution in [0.1, 0.15) is 24.8 Å². The van der Waals surface area contributed by atoms with E-state index in [1.54, 1.807) is 18.2 Å². The number of rotatable bonds is 8. The molecule has 9 heteroatoms. The standard InChI is InChI=1S/C23H27ClN2O6/c1-3-10-25(18-13(2)6-4-7-14(18)24)21(29)19-23-9-8-15(32-23)16(22(30)31)17(23)20(28)26(19)11-5-12-27/h3-4,6-7,15-17,19,27H,1,5,8-12H2,2H3,(H,30,31)/t15-,16+,17-,19?,23?/m0/s1. The Morgan fingerprint density at radius 3 is 2.81 bits per heavy atom. The van der Waals surface area contributed by atoms with E-state index in [1.165, 1.54) is 9.80 Å². The highest BCUT2D eigenvalue weighted by molar-refractivity contribution is 6.34. The molecule has 3 heterocycles. The van der Waals surface area contributed by atoms with E-state index >= 15 is 0 Å². The Morgan fingerprint density at radius 1 is 1.44 bits per heavy atom. The number of carbonyl (C=O) groups excluding carboxylic acids is 2. The zero-order valence-electron chi connectivity index (χ0n) is 17.9. The number of likely N-dealkylation sites (tertiary alicyclic amines) is 1. The van der Waals surface area contributed by atoms with Crippen molar-refractivity contribution in [3.05, 3.63) is 41.4 Å². The van der Waals surface area contributed by atoms with Crippen LogP contribution in [-0.4, -0.2) is 70.3 Å². The lowest BCUT2D eigenvalue weighted by Crippen LogP contribution is -2.56. The second kappa shape index (κ2) is 8.50. The number of anilines is 1. The molecule has 0 saturated carbocycles. The first kappa shape index (κ1) is 22.8. The van der Waals surface area contributed by atoms with Gasteiger partial charge in [0.25, 0.3) is 5.91 Å². The molecule has 0 aliphatic carbocycles. The number of hydrogen-bond donors (Lipinski definition) is 2. The highest BCUT2D eigenvalue weighted by Gasteiger charge is 2.74. The molecule has 3 saturated heterocycles. The summed E-state index contributed by atoms with van der Waals surface area (Å²) < 4.78 is 6.18. The van der Waals surface area contributed by atoms with Gasteiger partial charge in [0.05, 0.1) is 28.6 Å². The number of benzene rings is 1. The number of aryl methyl sites for hydroxylation is 1. The number of carboxylic acid groups (broad SMARTS) is 1. The highest BCUT2D eigenvalue weighted by Crippen LogP contribution is 2.58. The van der Waals surface area contributed by atoms with Crippen molar-refractivity contribution in [3.8, 4) is 0 Å². The van der Waals surface area contributed by atoms with Crippen LogP contribution in [0.25, 0.3) is 0 Å². The van der Waals surface area contributed by atoms with Crippen molar-refractivity contribution in [2.45, 2.75) is 43.9 Å². The fourth-order valence-electron chi connectivity index (χ4n) is 5.73. The molecule has 2 unspecified atom stereocenters. The number of carboxylic acids is 1. The number of hydrogen-bond acceptors (Lipinski definition) is 5. The molecule has 2 bridgehead atoms. The summed E-state index contributed by atoms with van der Waals surface area (Å²) in [4.78, 5) is 42.4. The van der Waals surface area contributed by atoms with E-state index in [0.717, 1.165) is 5.56 Å². The minimum atomic E-state index is -1.20. The normalized spacial score (nSPS) is 30.5. The maximum atomic E-state index is 14.1. The summed E-state index contributed by atoms with van der Waals surface area (Å²) >= 11 is 6.46. The summed E-state index contributed by atoms with van der Waals surface area (Å²) in [6.45, 7) is 5.74. The number of aliphatic hydroxyl groups excluding tert-OH is 1. The van der Waals surface area contributed by atoms with Crippen LogP contribution in [0.4, 0.5) is 5.69 Å². The topological polar surface area (TPSA) is 107 Å². The summed E-state index contributed by atoms with van der Waals surface area (Å²) in [5, 5.41) is 19.6. The maximum absolute atomic E-state index is 14.1. The number of nitrogens with zero attached hydrogens (tertiary/aromatic N) is 2. The number of aliphatic hydroxyl groups is 1. The van der Waals surface area contributed by atoms with Crippen molar-refractivity contribution >= 4 is 35.1 Å². The summed E-state index contributed by atoms with van der Waals surface area (Å²) in [6, 6.07) is 4.32. The summed E-state index contributed by atoms with van der Waals surface area (Å²) in [5.74, 6) is -3.79. The molecular formula is C23H27ClN2O6. The lowest BCUT2D eigenvalue weighted by atomic mass is 9.70. The lowest BCUT2D eigenvalue weighted by Gasteiger charge is -2.37. The highest BCUT2D eigenvalue weighted by atomic mass is 35.5. The van der Waals surface area contributed by atoms with Crippen LogP contribution in [0.5, 0.6) is 0 Å². The molecule has 1 aromatic rings. The number of aliphatic carboxylic acids is 1. The third kappa shape index (κ3) is 3.24. The van der Waals surface area contributed by atoms with E-state index in [4.69, 9.17) is 16.3 Å². The van der Waals surface area contributed by atoms with Gasteiger partial charge in [0, 0.05) is 19.7 Å². The monoisotopic (exact) mass is 462 g/mol. The second-order valence-corrected chi connectivity index (χ2v) is 9.05. The van der Waals surface area contributed by atoms with E-state index in [9.17, 15) is 24.6 Å². The Labute approximate surface area is 191 Å². The molecule has 4 rings (SSSR count). The molecule has 8 nitrogen and oxygen atoms in total. The Kier molecular flexibility index (Phi) is 6.04. The Bertz CT molecular complexity index is 948. The molecule has 1 spiro atoms. The number of fused-ring (bicyclic) bond motifs is 1. The molecule has 3 fully saturated rings. The number of para-hydroxylation sites is 1. The first-order chi connectivity index (χ1) is 15.3. The van der Waals surface area contributed by atoms with Crippen LogP contribution in [0.15, 0.2) is 30.9 Å².